The first-order valence-corrected chi connectivity index (χ1v) is 9.07. The van der Waals surface area contributed by atoms with Crippen LogP contribution >= 0.6 is 0 Å². The van der Waals surface area contributed by atoms with E-state index >= 15 is 0 Å². The maximum atomic E-state index is 12.4. The van der Waals surface area contributed by atoms with Gasteiger partial charge in [-0.2, -0.15) is 4.31 Å². The molecule has 0 fully saturated rings. The van der Waals surface area contributed by atoms with Crippen molar-refractivity contribution >= 4 is 21.5 Å². The number of nitrogens with zero attached hydrogens (tertiary/aromatic N) is 3. The number of hydrogen-bond donors (Lipinski definition) is 1. The highest BCUT2D eigenvalue weighted by Gasteiger charge is 2.22. The lowest BCUT2D eigenvalue weighted by Crippen LogP contribution is -2.33. The van der Waals surface area contributed by atoms with E-state index in [-0.39, 0.29) is 29.0 Å². The molecule has 0 bridgehead atoms. The zero-order valence-electron chi connectivity index (χ0n) is 14.2. The van der Waals surface area contributed by atoms with Gasteiger partial charge in [0.15, 0.2) is 0 Å². The Kier molecular flexibility index (Phi) is 5.70. The Hall–Kier alpha value is -2.52. The first-order chi connectivity index (χ1) is 11.7. The molecule has 1 aromatic carbocycles. The quantitative estimate of drug-likeness (QED) is 0.598. The molecule has 2 rings (SSSR count). The molecule has 2 aromatic rings. The van der Waals surface area contributed by atoms with Crippen LogP contribution in [-0.2, 0) is 16.6 Å². The Morgan fingerprint density at radius 1 is 1.24 bits per heavy atom. The van der Waals surface area contributed by atoms with Gasteiger partial charge in [-0.25, -0.2) is 13.4 Å². The zero-order chi connectivity index (χ0) is 18.6. The van der Waals surface area contributed by atoms with Gasteiger partial charge in [0.25, 0.3) is 0 Å². The molecule has 0 aliphatic rings. The lowest BCUT2D eigenvalue weighted by atomic mass is 10.2. The number of sulfonamides is 1. The number of pyridine rings is 1. The van der Waals surface area contributed by atoms with Crippen LogP contribution in [0.3, 0.4) is 0 Å². The van der Waals surface area contributed by atoms with E-state index in [2.05, 4.69) is 10.3 Å². The molecule has 0 unspecified atom stereocenters. The zero-order valence-corrected chi connectivity index (χ0v) is 15.0. The molecule has 0 saturated carbocycles. The second-order valence-corrected chi connectivity index (χ2v) is 7.74. The average molecular weight is 364 g/mol. The Balaban J connectivity index is 2.13. The fraction of sp³-hybridized carbons (Fsp3) is 0.312. The first kappa shape index (κ1) is 18.8. The summed E-state index contributed by atoms with van der Waals surface area (Å²) in [7, 11) is -1.99. The molecule has 0 radical (unpaired) electrons. The first-order valence-electron chi connectivity index (χ1n) is 7.63. The maximum absolute atomic E-state index is 12.4. The summed E-state index contributed by atoms with van der Waals surface area (Å²) in [4.78, 5) is 14.6. The number of aromatic nitrogens is 1. The summed E-state index contributed by atoms with van der Waals surface area (Å²) in [5, 5.41) is 13.9. The van der Waals surface area contributed by atoms with Gasteiger partial charge < -0.3 is 5.32 Å². The van der Waals surface area contributed by atoms with Crippen LogP contribution in [0.5, 0.6) is 0 Å². The minimum Gasteiger partial charge on any atom is -0.360 e. The van der Waals surface area contributed by atoms with Gasteiger partial charge >= 0.3 is 5.69 Å². The molecule has 0 atom stereocenters. The summed E-state index contributed by atoms with van der Waals surface area (Å²) < 4.78 is 26.1. The fourth-order valence-electron chi connectivity index (χ4n) is 2.09. The third-order valence-corrected chi connectivity index (χ3v) is 5.82. The summed E-state index contributed by atoms with van der Waals surface area (Å²) in [6.07, 6.45) is 1.47. The molecule has 0 spiro atoms. The van der Waals surface area contributed by atoms with E-state index in [0.717, 1.165) is 5.56 Å². The van der Waals surface area contributed by atoms with Crippen molar-refractivity contribution in [3.05, 3.63) is 58.3 Å². The third-order valence-electron chi connectivity index (χ3n) is 3.77. The summed E-state index contributed by atoms with van der Waals surface area (Å²) in [5.41, 5.74) is 0.673. The van der Waals surface area contributed by atoms with Crippen LogP contribution in [0.25, 0.3) is 0 Å². The molecule has 134 valence electrons. The number of rotatable bonds is 7. The molecule has 1 aromatic heterocycles. The molecule has 0 aliphatic carbocycles. The summed E-state index contributed by atoms with van der Waals surface area (Å²) >= 11 is 0. The predicted octanol–water partition coefficient (Wildman–Crippen LogP) is 2.63. The standard InChI is InChI=1S/C16H20N4O4S/c1-12(2)19(3)25(23,24)14-8-6-13(7-9-14)11-18-16-15(20(21)22)5-4-10-17-16/h4-10,12H,11H2,1-3H3,(H,17,18). The molecule has 25 heavy (non-hydrogen) atoms. The van der Waals surface area contributed by atoms with Gasteiger partial charge in [0.05, 0.1) is 9.82 Å². The molecular formula is C16H20N4O4S. The van der Waals surface area contributed by atoms with Crippen LogP contribution < -0.4 is 5.32 Å². The van der Waals surface area contributed by atoms with Crippen molar-refractivity contribution in [2.24, 2.45) is 0 Å². The maximum Gasteiger partial charge on any atom is 0.311 e. The molecule has 8 nitrogen and oxygen atoms in total. The number of anilines is 1. The molecule has 0 saturated heterocycles. The monoisotopic (exact) mass is 364 g/mol. The van der Waals surface area contributed by atoms with Gasteiger partial charge in [-0.15, -0.1) is 0 Å². The predicted molar refractivity (Wildman–Crippen MR) is 94.7 cm³/mol. The average Bonchev–Trinajstić information content (AvgIpc) is 2.59. The van der Waals surface area contributed by atoms with Gasteiger partial charge in [0.1, 0.15) is 0 Å². The Bertz CT molecular complexity index is 851. The Morgan fingerprint density at radius 2 is 1.88 bits per heavy atom. The molecule has 0 amide bonds. The van der Waals surface area contributed by atoms with Crippen molar-refractivity contribution in [3.63, 3.8) is 0 Å². The summed E-state index contributed by atoms with van der Waals surface area (Å²) in [6.45, 7) is 3.89. The van der Waals surface area contributed by atoms with Crippen molar-refractivity contribution in [3.8, 4) is 0 Å². The van der Waals surface area contributed by atoms with Crippen LogP contribution in [0.2, 0.25) is 0 Å². The van der Waals surface area contributed by atoms with Gasteiger partial charge in [-0.05, 0) is 37.6 Å². The largest absolute Gasteiger partial charge is 0.360 e. The fourth-order valence-corrected chi connectivity index (χ4v) is 3.46. The van der Waals surface area contributed by atoms with Crippen LogP contribution in [0.1, 0.15) is 19.4 Å². The molecule has 1 heterocycles. The van der Waals surface area contributed by atoms with E-state index in [9.17, 15) is 18.5 Å². The van der Waals surface area contributed by atoms with E-state index in [0.29, 0.717) is 0 Å². The minimum absolute atomic E-state index is 0.111. The highest BCUT2D eigenvalue weighted by atomic mass is 32.2. The van der Waals surface area contributed by atoms with Crippen molar-refractivity contribution in [2.75, 3.05) is 12.4 Å². The third kappa shape index (κ3) is 4.31. The molecular weight excluding hydrogens is 344 g/mol. The van der Waals surface area contributed by atoms with E-state index in [1.807, 2.05) is 0 Å². The highest BCUT2D eigenvalue weighted by Crippen LogP contribution is 2.22. The second-order valence-electron chi connectivity index (χ2n) is 5.74. The van der Waals surface area contributed by atoms with Crippen LogP contribution in [0.15, 0.2) is 47.5 Å². The van der Waals surface area contributed by atoms with Crippen LogP contribution in [0.4, 0.5) is 11.5 Å². The van der Waals surface area contributed by atoms with Gasteiger partial charge in [0.2, 0.25) is 15.8 Å². The van der Waals surface area contributed by atoms with E-state index in [4.69, 9.17) is 0 Å². The smallest absolute Gasteiger partial charge is 0.311 e. The molecule has 0 aliphatic heterocycles. The Morgan fingerprint density at radius 3 is 2.44 bits per heavy atom. The van der Waals surface area contributed by atoms with Crippen molar-refractivity contribution < 1.29 is 13.3 Å². The van der Waals surface area contributed by atoms with Crippen molar-refractivity contribution in [2.45, 2.75) is 31.3 Å². The summed E-state index contributed by atoms with van der Waals surface area (Å²) in [5.74, 6) is 0.170. The minimum atomic E-state index is -3.53. The number of benzene rings is 1. The van der Waals surface area contributed by atoms with Crippen LogP contribution in [-0.4, -0.2) is 35.7 Å². The SMILES string of the molecule is CC(C)N(C)S(=O)(=O)c1ccc(CNc2ncccc2[N+](=O)[O-])cc1. The van der Waals surface area contributed by atoms with E-state index in [1.165, 1.54) is 41.8 Å². The lowest BCUT2D eigenvalue weighted by Gasteiger charge is -2.21. The highest BCUT2D eigenvalue weighted by molar-refractivity contribution is 7.89. The number of hydrogen-bond acceptors (Lipinski definition) is 6. The number of nitro groups is 1. The summed E-state index contributed by atoms with van der Waals surface area (Å²) in [6, 6.07) is 9.11. The van der Waals surface area contributed by atoms with Gasteiger partial charge in [-0.3, -0.25) is 10.1 Å². The molecule has 1 N–H and O–H groups in total. The van der Waals surface area contributed by atoms with Crippen molar-refractivity contribution in [1.29, 1.82) is 0 Å². The Labute approximate surface area is 146 Å². The van der Waals surface area contributed by atoms with E-state index in [1.54, 1.807) is 26.0 Å². The van der Waals surface area contributed by atoms with Gasteiger partial charge in [-0.1, -0.05) is 12.1 Å². The topological polar surface area (TPSA) is 105 Å². The van der Waals surface area contributed by atoms with E-state index < -0.39 is 14.9 Å². The molecule has 9 heteroatoms. The van der Waals surface area contributed by atoms with Crippen molar-refractivity contribution in [1.82, 2.24) is 9.29 Å². The van der Waals surface area contributed by atoms with Crippen LogP contribution in [0, 0.1) is 10.1 Å². The number of nitrogens with one attached hydrogen (secondary N) is 1. The normalized spacial score (nSPS) is 11.7. The second kappa shape index (κ2) is 7.58. The lowest BCUT2D eigenvalue weighted by molar-refractivity contribution is -0.384. The van der Waals surface area contributed by atoms with Gasteiger partial charge in [0, 0.05) is 31.9 Å².